The molecule has 1 aromatic heterocycles. The van der Waals surface area contributed by atoms with E-state index in [1.54, 1.807) is 12.1 Å². The molecule has 3 rings (SSSR count). The van der Waals surface area contributed by atoms with Crippen molar-refractivity contribution in [1.82, 2.24) is 15.5 Å². The van der Waals surface area contributed by atoms with Gasteiger partial charge in [-0.1, -0.05) is 52.7 Å². The molecule has 0 saturated carbocycles. The molecule has 186 valence electrons. The average molecular weight is 479 g/mol. The second-order valence-corrected chi connectivity index (χ2v) is 9.60. The van der Waals surface area contributed by atoms with Crippen LogP contribution in [0, 0.1) is 0 Å². The summed E-state index contributed by atoms with van der Waals surface area (Å²) in [6, 6.07) is 15.5. The zero-order chi connectivity index (χ0) is 25.4. The van der Waals surface area contributed by atoms with E-state index in [4.69, 9.17) is 9.52 Å². The number of benzene rings is 2. The van der Waals surface area contributed by atoms with Crippen LogP contribution in [0.4, 0.5) is 5.69 Å². The highest BCUT2D eigenvalue weighted by Crippen LogP contribution is 2.29. The minimum absolute atomic E-state index is 0.102. The van der Waals surface area contributed by atoms with E-state index < -0.39 is 5.97 Å². The first-order valence-corrected chi connectivity index (χ1v) is 12.0. The van der Waals surface area contributed by atoms with Crippen molar-refractivity contribution >= 4 is 17.6 Å². The number of carbonyl (C=O) groups is 2. The maximum absolute atomic E-state index is 12.2. The number of rotatable bonds is 11. The number of aromatic nitrogens is 2. The van der Waals surface area contributed by atoms with Crippen LogP contribution in [-0.4, -0.2) is 33.7 Å². The highest BCUT2D eigenvalue weighted by Gasteiger charge is 2.22. The number of amides is 1. The van der Waals surface area contributed by atoms with Gasteiger partial charge in [0.1, 0.15) is 0 Å². The summed E-state index contributed by atoms with van der Waals surface area (Å²) in [4.78, 5) is 22.8. The summed E-state index contributed by atoms with van der Waals surface area (Å²) in [5, 5.41) is 23.3. The van der Waals surface area contributed by atoms with E-state index >= 15 is 0 Å². The van der Waals surface area contributed by atoms with Gasteiger partial charge in [0.2, 0.25) is 11.8 Å². The van der Waals surface area contributed by atoms with Crippen molar-refractivity contribution in [2.75, 3.05) is 11.9 Å². The first-order valence-electron chi connectivity index (χ1n) is 12.0. The smallest absolute Gasteiger partial charge is 0.305 e. The van der Waals surface area contributed by atoms with Crippen LogP contribution in [0.15, 0.2) is 52.9 Å². The van der Waals surface area contributed by atoms with Gasteiger partial charge in [0, 0.05) is 28.8 Å². The van der Waals surface area contributed by atoms with Crippen LogP contribution >= 0.6 is 0 Å². The van der Waals surface area contributed by atoms with E-state index in [1.165, 1.54) is 0 Å². The summed E-state index contributed by atoms with van der Waals surface area (Å²) in [6.45, 7) is 8.38. The SMILES string of the molecule is CCCCC(Nc1ccc(C(=O)NCCC(=O)O)cc1)c1ccc(-c2nnc(C(C)(C)C)o2)cc1. The fraction of sp³-hybridized carbons (Fsp3) is 0.407. The lowest BCUT2D eigenvalue weighted by Gasteiger charge is -2.21. The van der Waals surface area contributed by atoms with Gasteiger partial charge in [-0.3, -0.25) is 9.59 Å². The molecule has 2 aromatic carbocycles. The Morgan fingerprint density at radius 3 is 2.29 bits per heavy atom. The van der Waals surface area contributed by atoms with E-state index in [2.05, 4.69) is 39.9 Å². The normalized spacial score (nSPS) is 12.2. The maximum atomic E-state index is 12.2. The van der Waals surface area contributed by atoms with Crippen molar-refractivity contribution in [2.24, 2.45) is 0 Å². The standard InChI is InChI=1S/C27H34N4O4/c1-5-6-7-22(29-21-14-12-19(13-15-21)24(34)28-17-16-23(32)33)18-8-10-20(11-9-18)25-30-31-26(35-25)27(2,3)4/h8-15,22,29H,5-7,16-17H2,1-4H3,(H,28,34)(H,32,33). The zero-order valence-electron chi connectivity index (χ0n) is 20.8. The summed E-state index contributed by atoms with van der Waals surface area (Å²) in [7, 11) is 0. The van der Waals surface area contributed by atoms with Gasteiger partial charge in [-0.25, -0.2) is 0 Å². The van der Waals surface area contributed by atoms with Gasteiger partial charge in [-0.05, 0) is 48.4 Å². The number of nitrogens with zero attached hydrogens (tertiary/aromatic N) is 2. The van der Waals surface area contributed by atoms with Crippen LogP contribution in [0.25, 0.3) is 11.5 Å². The lowest BCUT2D eigenvalue weighted by molar-refractivity contribution is -0.136. The monoisotopic (exact) mass is 478 g/mol. The van der Waals surface area contributed by atoms with Gasteiger partial charge in [-0.2, -0.15) is 0 Å². The van der Waals surface area contributed by atoms with Crippen molar-refractivity contribution < 1.29 is 19.1 Å². The summed E-state index contributed by atoms with van der Waals surface area (Å²) >= 11 is 0. The highest BCUT2D eigenvalue weighted by molar-refractivity contribution is 5.94. The molecular formula is C27H34N4O4. The molecule has 1 atom stereocenters. The first-order chi connectivity index (χ1) is 16.7. The Labute approximate surface area is 206 Å². The number of carbonyl (C=O) groups excluding carboxylic acids is 1. The number of hydrogen-bond donors (Lipinski definition) is 3. The quantitative estimate of drug-likeness (QED) is 0.329. The van der Waals surface area contributed by atoms with E-state index in [9.17, 15) is 9.59 Å². The fourth-order valence-electron chi connectivity index (χ4n) is 3.54. The minimum atomic E-state index is -0.942. The van der Waals surface area contributed by atoms with Gasteiger partial charge in [0.25, 0.3) is 5.91 Å². The highest BCUT2D eigenvalue weighted by atomic mass is 16.4. The van der Waals surface area contributed by atoms with Gasteiger partial charge in [0.15, 0.2) is 0 Å². The maximum Gasteiger partial charge on any atom is 0.305 e. The molecule has 1 unspecified atom stereocenters. The van der Waals surface area contributed by atoms with Crippen molar-refractivity contribution in [1.29, 1.82) is 0 Å². The third kappa shape index (κ3) is 7.40. The number of aliphatic carboxylic acids is 1. The molecule has 35 heavy (non-hydrogen) atoms. The van der Waals surface area contributed by atoms with E-state index in [-0.39, 0.29) is 30.3 Å². The van der Waals surface area contributed by atoms with Crippen LogP contribution in [0.1, 0.15) is 81.2 Å². The Morgan fingerprint density at radius 2 is 1.71 bits per heavy atom. The molecule has 3 aromatic rings. The Kier molecular flexibility index (Phi) is 8.63. The first kappa shape index (κ1) is 25.9. The molecule has 1 amide bonds. The predicted molar refractivity (Wildman–Crippen MR) is 135 cm³/mol. The largest absolute Gasteiger partial charge is 0.481 e. The molecule has 8 heteroatoms. The summed E-state index contributed by atoms with van der Waals surface area (Å²) in [5.41, 5.74) is 3.22. The van der Waals surface area contributed by atoms with Crippen LogP contribution in [-0.2, 0) is 10.2 Å². The van der Waals surface area contributed by atoms with Crippen LogP contribution in [0.3, 0.4) is 0 Å². The van der Waals surface area contributed by atoms with Crippen molar-refractivity contribution in [2.45, 2.75) is 64.8 Å². The van der Waals surface area contributed by atoms with Crippen LogP contribution in [0.5, 0.6) is 0 Å². The third-order valence-corrected chi connectivity index (χ3v) is 5.59. The predicted octanol–water partition coefficient (Wildman–Crippen LogP) is 5.58. The Morgan fingerprint density at radius 1 is 1.03 bits per heavy atom. The third-order valence-electron chi connectivity index (χ3n) is 5.59. The Bertz CT molecular complexity index is 1120. The molecule has 0 bridgehead atoms. The molecule has 0 radical (unpaired) electrons. The number of carboxylic acid groups (broad SMARTS) is 1. The van der Waals surface area contributed by atoms with E-state index in [1.807, 2.05) is 45.0 Å². The van der Waals surface area contributed by atoms with Gasteiger partial charge in [-0.15, -0.1) is 10.2 Å². The second kappa shape index (κ2) is 11.6. The number of carboxylic acids is 1. The van der Waals surface area contributed by atoms with Gasteiger partial charge >= 0.3 is 5.97 Å². The number of hydrogen-bond acceptors (Lipinski definition) is 6. The molecule has 0 aliphatic heterocycles. The molecule has 0 aliphatic rings. The molecule has 0 saturated heterocycles. The summed E-state index contributed by atoms with van der Waals surface area (Å²) in [6.07, 6.45) is 3.01. The molecular weight excluding hydrogens is 444 g/mol. The molecule has 0 fully saturated rings. The number of unbranched alkanes of at least 4 members (excludes halogenated alkanes) is 1. The van der Waals surface area contributed by atoms with Crippen molar-refractivity contribution in [3.8, 4) is 11.5 Å². The number of anilines is 1. The second-order valence-electron chi connectivity index (χ2n) is 9.60. The number of nitrogens with one attached hydrogen (secondary N) is 2. The van der Waals surface area contributed by atoms with E-state index in [0.717, 1.165) is 36.1 Å². The zero-order valence-corrected chi connectivity index (χ0v) is 20.8. The minimum Gasteiger partial charge on any atom is -0.481 e. The molecule has 0 aliphatic carbocycles. The van der Waals surface area contributed by atoms with Crippen LogP contribution < -0.4 is 10.6 Å². The fourth-order valence-corrected chi connectivity index (χ4v) is 3.54. The Balaban J connectivity index is 1.69. The van der Waals surface area contributed by atoms with Gasteiger partial charge in [0.05, 0.1) is 12.5 Å². The molecule has 8 nitrogen and oxygen atoms in total. The molecule has 1 heterocycles. The van der Waals surface area contributed by atoms with E-state index in [0.29, 0.717) is 17.3 Å². The van der Waals surface area contributed by atoms with Crippen molar-refractivity contribution in [3.05, 3.63) is 65.5 Å². The van der Waals surface area contributed by atoms with Gasteiger partial charge < -0.3 is 20.2 Å². The lowest BCUT2D eigenvalue weighted by Crippen LogP contribution is -2.25. The summed E-state index contributed by atoms with van der Waals surface area (Å²) in [5.74, 6) is -0.107. The topological polar surface area (TPSA) is 117 Å². The molecule has 0 spiro atoms. The Hall–Kier alpha value is -3.68. The summed E-state index contributed by atoms with van der Waals surface area (Å²) < 4.78 is 5.86. The average Bonchev–Trinajstić information content (AvgIpc) is 3.33. The lowest BCUT2D eigenvalue weighted by atomic mass is 9.97. The molecule has 3 N–H and O–H groups in total. The van der Waals surface area contributed by atoms with Crippen molar-refractivity contribution in [3.63, 3.8) is 0 Å². The van der Waals surface area contributed by atoms with Crippen LogP contribution in [0.2, 0.25) is 0 Å².